The van der Waals surface area contributed by atoms with Crippen LogP contribution >= 0.6 is 0 Å². The molecule has 0 spiro atoms. The zero-order valence-electron chi connectivity index (χ0n) is 7.14. The van der Waals surface area contributed by atoms with Crippen molar-refractivity contribution in [1.29, 1.82) is 0 Å². The lowest BCUT2D eigenvalue weighted by Crippen LogP contribution is -2.20. The zero-order chi connectivity index (χ0) is 9.26. The van der Waals surface area contributed by atoms with E-state index in [0.29, 0.717) is 17.7 Å². The summed E-state index contributed by atoms with van der Waals surface area (Å²) < 4.78 is 12.5. The Hall–Kier alpha value is -1.38. The van der Waals surface area contributed by atoms with E-state index in [9.17, 15) is 9.18 Å². The van der Waals surface area contributed by atoms with Crippen LogP contribution in [-0.4, -0.2) is 5.91 Å². The van der Waals surface area contributed by atoms with Crippen LogP contribution in [0.1, 0.15) is 17.5 Å². The van der Waals surface area contributed by atoms with Crippen LogP contribution in [0.2, 0.25) is 0 Å². The van der Waals surface area contributed by atoms with Crippen LogP contribution in [-0.2, 0) is 17.9 Å². The summed E-state index contributed by atoms with van der Waals surface area (Å²) in [7, 11) is 0. The number of anilines is 1. The third kappa shape index (κ3) is 1.41. The van der Waals surface area contributed by atoms with Gasteiger partial charge in [0.15, 0.2) is 0 Å². The van der Waals surface area contributed by atoms with E-state index in [0.717, 1.165) is 12.0 Å². The molecule has 0 saturated heterocycles. The van der Waals surface area contributed by atoms with Crippen molar-refractivity contribution in [2.45, 2.75) is 19.5 Å². The maximum absolute atomic E-state index is 12.5. The Morgan fingerprint density at radius 1 is 1.38 bits per heavy atom. The molecule has 2 rings (SSSR count). The molecular weight excluding hydrogens is 169 g/mol. The Labute approximate surface area is 75.8 Å². The minimum Gasteiger partial charge on any atom is -0.325 e. The molecule has 68 valence electrons. The number of alkyl halides is 1. The van der Waals surface area contributed by atoms with E-state index in [2.05, 4.69) is 5.32 Å². The predicted octanol–water partition coefficient (Wildman–Crippen LogP) is 2.04. The van der Waals surface area contributed by atoms with Gasteiger partial charge in [-0.1, -0.05) is 18.2 Å². The molecule has 0 bridgehead atoms. The van der Waals surface area contributed by atoms with Crippen LogP contribution in [0.5, 0.6) is 0 Å². The first-order valence-electron chi connectivity index (χ1n) is 4.28. The van der Waals surface area contributed by atoms with Crippen molar-refractivity contribution in [3.8, 4) is 0 Å². The number of nitrogens with one attached hydrogen (secondary N) is 1. The van der Waals surface area contributed by atoms with Gasteiger partial charge in [0.05, 0.1) is 0 Å². The molecule has 2 nitrogen and oxygen atoms in total. The van der Waals surface area contributed by atoms with Crippen molar-refractivity contribution in [3.63, 3.8) is 0 Å². The van der Waals surface area contributed by atoms with Crippen LogP contribution < -0.4 is 5.32 Å². The molecule has 0 fully saturated rings. The maximum Gasteiger partial charge on any atom is 0.224 e. The number of fused-ring (bicyclic) bond motifs is 1. The van der Waals surface area contributed by atoms with Crippen LogP contribution in [0.15, 0.2) is 18.2 Å². The average molecular weight is 179 g/mol. The minimum absolute atomic E-state index is 0.0200. The average Bonchev–Trinajstić information content (AvgIpc) is 2.17. The monoisotopic (exact) mass is 179 g/mol. The van der Waals surface area contributed by atoms with E-state index in [1.54, 1.807) is 6.07 Å². The van der Waals surface area contributed by atoms with Gasteiger partial charge >= 0.3 is 0 Å². The highest BCUT2D eigenvalue weighted by molar-refractivity contribution is 5.94. The molecule has 0 radical (unpaired) electrons. The Kier molecular flexibility index (Phi) is 2.00. The molecule has 1 aromatic rings. The van der Waals surface area contributed by atoms with E-state index in [1.807, 2.05) is 12.1 Å². The highest BCUT2D eigenvalue weighted by atomic mass is 19.1. The highest BCUT2D eigenvalue weighted by Gasteiger charge is 2.16. The van der Waals surface area contributed by atoms with Crippen LogP contribution in [0.4, 0.5) is 10.1 Å². The van der Waals surface area contributed by atoms with Crippen molar-refractivity contribution < 1.29 is 9.18 Å². The van der Waals surface area contributed by atoms with Gasteiger partial charge < -0.3 is 5.32 Å². The zero-order valence-corrected chi connectivity index (χ0v) is 7.14. The lowest BCUT2D eigenvalue weighted by molar-refractivity contribution is -0.116. The minimum atomic E-state index is -0.524. The number of aryl methyl sites for hydroxylation is 1. The second-order valence-electron chi connectivity index (χ2n) is 3.13. The summed E-state index contributed by atoms with van der Waals surface area (Å²) in [5, 5.41) is 2.70. The fourth-order valence-electron chi connectivity index (χ4n) is 1.58. The van der Waals surface area contributed by atoms with Gasteiger partial charge in [-0.05, 0) is 12.0 Å². The first-order valence-corrected chi connectivity index (χ1v) is 4.28. The Morgan fingerprint density at radius 2 is 2.23 bits per heavy atom. The van der Waals surface area contributed by atoms with Gasteiger partial charge in [-0.25, -0.2) is 4.39 Å². The Morgan fingerprint density at radius 3 is 3.00 bits per heavy atom. The second kappa shape index (κ2) is 3.17. The lowest BCUT2D eigenvalue weighted by Gasteiger charge is -2.18. The lowest BCUT2D eigenvalue weighted by atomic mass is 10.00. The fourth-order valence-corrected chi connectivity index (χ4v) is 1.58. The molecule has 1 amide bonds. The number of para-hydroxylation sites is 1. The van der Waals surface area contributed by atoms with Gasteiger partial charge in [0.1, 0.15) is 6.67 Å². The summed E-state index contributed by atoms with van der Waals surface area (Å²) in [6.45, 7) is -0.524. The predicted molar refractivity (Wildman–Crippen MR) is 48.2 cm³/mol. The number of amides is 1. The fraction of sp³-hybridized carbons (Fsp3) is 0.300. The molecule has 0 saturated carbocycles. The Balaban J connectivity index is 2.46. The molecule has 1 N–H and O–H groups in total. The molecule has 13 heavy (non-hydrogen) atoms. The molecule has 1 aromatic carbocycles. The van der Waals surface area contributed by atoms with Crippen LogP contribution in [0.3, 0.4) is 0 Å². The molecule has 0 atom stereocenters. The number of halogens is 1. The number of benzene rings is 1. The van der Waals surface area contributed by atoms with E-state index < -0.39 is 6.67 Å². The van der Waals surface area contributed by atoms with Crippen molar-refractivity contribution in [1.82, 2.24) is 0 Å². The number of rotatable bonds is 1. The van der Waals surface area contributed by atoms with Gasteiger partial charge in [0.25, 0.3) is 0 Å². The third-order valence-corrected chi connectivity index (χ3v) is 2.27. The summed E-state index contributed by atoms with van der Waals surface area (Å²) in [6, 6.07) is 5.45. The number of hydrogen-bond acceptors (Lipinski definition) is 1. The first-order chi connectivity index (χ1) is 6.31. The van der Waals surface area contributed by atoms with Crippen LogP contribution in [0, 0.1) is 0 Å². The summed E-state index contributed by atoms with van der Waals surface area (Å²) in [6.07, 6.45) is 1.22. The van der Waals surface area contributed by atoms with Crippen molar-refractivity contribution >= 4 is 11.6 Å². The number of hydrogen-bond donors (Lipinski definition) is 1. The highest BCUT2D eigenvalue weighted by Crippen LogP contribution is 2.26. The van der Waals surface area contributed by atoms with E-state index >= 15 is 0 Å². The SMILES string of the molecule is O=C1CCc2cccc(CF)c2N1. The summed E-state index contributed by atoms with van der Waals surface area (Å²) in [5.41, 5.74) is 2.29. The topological polar surface area (TPSA) is 29.1 Å². The van der Waals surface area contributed by atoms with Gasteiger partial charge in [0, 0.05) is 17.7 Å². The number of carbonyl (C=O) groups is 1. The molecule has 1 aliphatic heterocycles. The van der Waals surface area contributed by atoms with E-state index in [4.69, 9.17) is 0 Å². The molecule has 0 aromatic heterocycles. The molecular formula is C10H10FNO. The van der Waals surface area contributed by atoms with E-state index in [-0.39, 0.29) is 5.91 Å². The maximum atomic E-state index is 12.5. The van der Waals surface area contributed by atoms with Crippen molar-refractivity contribution in [3.05, 3.63) is 29.3 Å². The summed E-state index contributed by atoms with van der Waals surface area (Å²) >= 11 is 0. The van der Waals surface area contributed by atoms with Gasteiger partial charge in [0.2, 0.25) is 5.91 Å². The van der Waals surface area contributed by atoms with Gasteiger partial charge in [-0.2, -0.15) is 0 Å². The molecule has 1 heterocycles. The summed E-state index contributed by atoms with van der Waals surface area (Å²) in [4.78, 5) is 11.1. The second-order valence-corrected chi connectivity index (χ2v) is 3.13. The van der Waals surface area contributed by atoms with E-state index in [1.165, 1.54) is 0 Å². The standard InChI is InChI=1S/C10H10FNO/c11-6-8-3-1-2-7-4-5-9(13)12-10(7)8/h1-3H,4-6H2,(H,12,13). The molecule has 0 aliphatic carbocycles. The number of carbonyl (C=O) groups excluding carboxylic acids is 1. The molecule has 3 heteroatoms. The molecule has 0 unspecified atom stereocenters. The van der Waals surface area contributed by atoms with Crippen molar-refractivity contribution in [2.75, 3.05) is 5.32 Å². The largest absolute Gasteiger partial charge is 0.325 e. The first kappa shape index (κ1) is 8.23. The summed E-state index contributed by atoms with van der Waals surface area (Å²) in [5.74, 6) is -0.0200. The van der Waals surface area contributed by atoms with Crippen molar-refractivity contribution in [2.24, 2.45) is 0 Å². The van der Waals surface area contributed by atoms with Gasteiger partial charge in [-0.3, -0.25) is 4.79 Å². The van der Waals surface area contributed by atoms with Crippen LogP contribution in [0.25, 0.3) is 0 Å². The smallest absolute Gasteiger partial charge is 0.224 e. The normalized spacial score (nSPS) is 15.0. The Bertz CT molecular complexity index is 335. The molecule has 1 aliphatic rings. The quantitative estimate of drug-likeness (QED) is 0.702. The third-order valence-electron chi connectivity index (χ3n) is 2.27. The van der Waals surface area contributed by atoms with Gasteiger partial charge in [-0.15, -0.1) is 0 Å².